The third-order valence-corrected chi connectivity index (χ3v) is 2.94. The van der Waals surface area contributed by atoms with Crippen LogP contribution in [-0.4, -0.2) is 6.61 Å². The van der Waals surface area contributed by atoms with E-state index in [9.17, 15) is 0 Å². The maximum Gasteiger partial charge on any atom is 0.141 e. The lowest BCUT2D eigenvalue weighted by Crippen LogP contribution is -2.18. The highest BCUT2D eigenvalue weighted by atomic mass is 79.9. The van der Waals surface area contributed by atoms with Crippen molar-refractivity contribution >= 4 is 15.9 Å². The van der Waals surface area contributed by atoms with Crippen molar-refractivity contribution in [3.05, 3.63) is 27.7 Å². The predicted octanol–water partition coefficient (Wildman–Crippen LogP) is 2.99. The number of hydrogen-bond acceptors (Lipinski definition) is 2. The summed E-state index contributed by atoms with van der Waals surface area (Å²) in [5.41, 5.74) is 1.73. The Bertz CT molecular complexity index is 432. The second kappa shape index (κ2) is 2.99. The monoisotopic (exact) mass is 251 g/mol. The molecule has 0 fully saturated rings. The average Bonchev–Trinajstić information content (AvgIpc) is 2.42. The van der Waals surface area contributed by atoms with E-state index in [0.717, 1.165) is 15.8 Å². The van der Waals surface area contributed by atoms with Gasteiger partial charge in [0.25, 0.3) is 0 Å². The summed E-state index contributed by atoms with van der Waals surface area (Å²) in [5.74, 6) is 0.751. The van der Waals surface area contributed by atoms with Crippen LogP contribution < -0.4 is 4.74 Å². The molecule has 0 atom stereocenters. The molecule has 2 nitrogen and oxygen atoms in total. The molecule has 0 aromatic heterocycles. The average molecular weight is 252 g/mol. The number of rotatable bonds is 0. The van der Waals surface area contributed by atoms with Gasteiger partial charge in [-0.25, -0.2) is 0 Å². The molecule has 0 unspecified atom stereocenters. The van der Waals surface area contributed by atoms with E-state index in [1.165, 1.54) is 0 Å². The SMILES string of the molecule is CC1(C)COc2c(C#N)cc(Br)cc21. The first-order chi connectivity index (χ1) is 6.54. The molecule has 0 aliphatic carbocycles. The van der Waals surface area contributed by atoms with Crippen molar-refractivity contribution in [3.8, 4) is 11.8 Å². The Morgan fingerprint density at radius 3 is 2.86 bits per heavy atom. The van der Waals surface area contributed by atoms with Gasteiger partial charge in [0.1, 0.15) is 11.8 Å². The van der Waals surface area contributed by atoms with Crippen LogP contribution in [0.1, 0.15) is 25.0 Å². The maximum atomic E-state index is 8.95. The van der Waals surface area contributed by atoms with Gasteiger partial charge < -0.3 is 4.74 Å². The van der Waals surface area contributed by atoms with Gasteiger partial charge in [0.05, 0.1) is 12.2 Å². The van der Waals surface area contributed by atoms with Crippen LogP contribution >= 0.6 is 15.9 Å². The fraction of sp³-hybridized carbons (Fsp3) is 0.364. The Kier molecular flexibility index (Phi) is 2.04. The zero-order valence-electron chi connectivity index (χ0n) is 8.10. The molecule has 0 N–H and O–H groups in total. The first-order valence-electron chi connectivity index (χ1n) is 4.41. The summed E-state index contributed by atoms with van der Waals surface area (Å²) in [5, 5.41) is 8.95. The van der Waals surface area contributed by atoms with E-state index in [1.807, 2.05) is 6.07 Å². The largest absolute Gasteiger partial charge is 0.491 e. The van der Waals surface area contributed by atoms with E-state index in [0.29, 0.717) is 12.2 Å². The minimum absolute atomic E-state index is 0.00468. The summed E-state index contributed by atoms with van der Waals surface area (Å²) in [7, 11) is 0. The van der Waals surface area contributed by atoms with Crippen molar-refractivity contribution in [2.75, 3.05) is 6.61 Å². The van der Waals surface area contributed by atoms with Crippen LogP contribution in [0.2, 0.25) is 0 Å². The standard InChI is InChI=1S/C11H10BrNO/c1-11(2)6-14-10-7(5-13)3-8(12)4-9(10)11/h3-4H,6H2,1-2H3. The molecule has 0 amide bonds. The van der Waals surface area contributed by atoms with Crippen LogP contribution in [0.15, 0.2) is 16.6 Å². The lowest BCUT2D eigenvalue weighted by atomic mass is 9.86. The second-order valence-corrected chi connectivity index (χ2v) is 5.03. The van der Waals surface area contributed by atoms with Crippen LogP contribution in [0.5, 0.6) is 5.75 Å². The number of benzene rings is 1. The molecule has 1 aromatic carbocycles. The normalized spacial score (nSPS) is 17.0. The lowest BCUT2D eigenvalue weighted by Gasteiger charge is -2.15. The fourth-order valence-corrected chi connectivity index (χ4v) is 2.12. The maximum absolute atomic E-state index is 8.95. The van der Waals surface area contributed by atoms with Gasteiger partial charge in [0.2, 0.25) is 0 Å². The Balaban J connectivity index is 2.69. The van der Waals surface area contributed by atoms with Gasteiger partial charge >= 0.3 is 0 Å². The van der Waals surface area contributed by atoms with Gasteiger partial charge in [-0.2, -0.15) is 5.26 Å². The van der Waals surface area contributed by atoms with Crippen LogP contribution in [0, 0.1) is 11.3 Å². The minimum atomic E-state index is 0.00468. The molecule has 0 radical (unpaired) electrons. The molecular weight excluding hydrogens is 242 g/mol. The molecular formula is C11H10BrNO. The number of fused-ring (bicyclic) bond motifs is 1. The molecule has 0 saturated heterocycles. The number of nitriles is 1. The van der Waals surface area contributed by atoms with Gasteiger partial charge in [-0.15, -0.1) is 0 Å². The van der Waals surface area contributed by atoms with Crippen molar-refractivity contribution in [1.82, 2.24) is 0 Å². The van der Waals surface area contributed by atoms with Gasteiger partial charge in [-0.3, -0.25) is 0 Å². The highest BCUT2D eigenvalue weighted by molar-refractivity contribution is 9.10. The molecule has 1 heterocycles. The van der Waals surface area contributed by atoms with Crippen molar-refractivity contribution in [2.24, 2.45) is 0 Å². The first-order valence-corrected chi connectivity index (χ1v) is 5.21. The number of nitrogens with zero attached hydrogens (tertiary/aromatic N) is 1. The summed E-state index contributed by atoms with van der Waals surface area (Å²) >= 11 is 3.40. The molecule has 3 heteroatoms. The van der Waals surface area contributed by atoms with E-state index in [4.69, 9.17) is 10.00 Å². The molecule has 0 bridgehead atoms. The second-order valence-electron chi connectivity index (χ2n) is 4.11. The zero-order valence-corrected chi connectivity index (χ0v) is 9.68. The third-order valence-electron chi connectivity index (χ3n) is 2.48. The van der Waals surface area contributed by atoms with E-state index in [1.54, 1.807) is 6.07 Å². The van der Waals surface area contributed by atoms with Gasteiger partial charge in [-0.1, -0.05) is 29.8 Å². The topological polar surface area (TPSA) is 33.0 Å². The molecule has 1 aromatic rings. The van der Waals surface area contributed by atoms with Gasteiger partial charge in [-0.05, 0) is 12.1 Å². The Morgan fingerprint density at radius 2 is 2.21 bits per heavy atom. The summed E-state index contributed by atoms with van der Waals surface area (Å²) in [6.07, 6.45) is 0. The lowest BCUT2D eigenvalue weighted by molar-refractivity contribution is 0.290. The van der Waals surface area contributed by atoms with Crippen molar-refractivity contribution < 1.29 is 4.74 Å². The molecule has 2 rings (SSSR count). The van der Waals surface area contributed by atoms with Crippen LogP contribution in [0.25, 0.3) is 0 Å². The first kappa shape index (κ1) is 9.54. The smallest absolute Gasteiger partial charge is 0.141 e. The van der Waals surface area contributed by atoms with Gasteiger partial charge in [0, 0.05) is 15.5 Å². The molecule has 0 saturated carbocycles. The molecule has 0 spiro atoms. The minimum Gasteiger partial charge on any atom is -0.491 e. The quantitative estimate of drug-likeness (QED) is 0.711. The Morgan fingerprint density at radius 1 is 1.50 bits per heavy atom. The van der Waals surface area contributed by atoms with E-state index < -0.39 is 0 Å². The third kappa shape index (κ3) is 1.31. The van der Waals surface area contributed by atoms with Gasteiger partial charge in [0.15, 0.2) is 0 Å². The molecule has 72 valence electrons. The van der Waals surface area contributed by atoms with Crippen molar-refractivity contribution in [1.29, 1.82) is 5.26 Å². The van der Waals surface area contributed by atoms with E-state index >= 15 is 0 Å². The summed E-state index contributed by atoms with van der Waals surface area (Å²) in [6, 6.07) is 5.97. The van der Waals surface area contributed by atoms with Crippen molar-refractivity contribution in [3.63, 3.8) is 0 Å². The van der Waals surface area contributed by atoms with Crippen LogP contribution in [0.3, 0.4) is 0 Å². The molecule has 1 aliphatic heterocycles. The summed E-state index contributed by atoms with van der Waals surface area (Å²) in [4.78, 5) is 0. The Labute approximate surface area is 91.6 Å². The Hall–Kier alpha value is -1.01. The highest BCUT2D eigenvalue weighted by Crippen LogP contribution is 2.42. The zero-order chi connectivity index (χ0) is 10.3. The molecule has 1 aliphatic rings. The number of halogens is 1. The van der Waals surface area contributed by atoms with Crippen molar-refractivity contribution in [2.45, 2.75) is 19.3 Å². The number of hydrogen-bond donors (Lipinski definition) is 0. The fourth-order valence-electron chi connectivity index (χ4n) is 1.67. The molecule has 14 heavy (non-hydrogen) atoms. The van der Waals surface area contributed by atoms with Crippen LogP contribution in [-0.2, 0) is 5.41 Å². The predicted molar refractivity (Wildman–Crippen MR) is 57.4 cm³/mol. The number of ether oxygens (including phenoxy) is 1. The summed E-state index contributed by atoms with van der Waals surface area (Å²) in [6.45, 7) is 4.88. The summed E-state index contributed by atoms with van der Waals surface area (Å²) < 4.78 is 6.48. The van der Waals surface area contributed by atoms with E-state index in [-0.39, 0.29) is 5.41 Å². The van der Waals surface area contributed by atoms with Crippen LogP contribution in [0.4, 0.5) is 0 Å². The highest BCUT2D eigenvalue weighted by Gasteiger charge is 2.33. The van der Waals surface area contributed by atoms with E-state index in [2.05, 4.69) is 35.8 Å².